The number of thiazole rings is 1. The highest BCUT2D eigenvalue weighted by molar-refractivity contribution is 7.99. The van der Waals surface area contributed by atoms with Crippen LogP contribution in [0.5, 0.6) is 0 Å². The zero-order valence-corrected chi connectivity index (χ0v) is 12.1. The van der Waals surface area contributed by atoms with E-state index >= 15 is 0 Å². The molecule has 0 saturated heterocycles. The lowest BCUT2D eigenvalue weighted by molar-refractivity contribution is 0.248. The molecule has 4 nitrogen and oxygen atoms in total. The van der Waals surface area contributed by atoms with E-state index in [9.17, 15) is 9.18 Å². The van der Waals surface area contributed by atoms with Crippen LogP contribution in [0, 0.1) is 5.82 Å². The Hall–Kier alpha value is -1.60. The summed E-state index contributed by atoms with van der Waals surface area (Å²) >= 11 is 3.04. The molecule has 2 amide bonds. The summed E-state index contributed by atoms with van der Waals surface area (Å²) < 4.78 is 13.4. The number of nitrogens with one attached hydrogen (secondary N) is 2. The number of urea groups is 1. The summed E-state index contributed by atoms with van der Waals surface area (Å²) in [5.41, 5.74) is 0.843. The first-order valence-electron chi connectivity index (χ1n) is 6.11. The maximum atomic E-state index is 13.4. The summed E-state index contributed by atoms with van der Waals surface area (Å²) in [5, 5.41) is 7.89. The Morgan fingerprint density at radius 2 is 2.35 bits per heavy atom. The molecule has 2 heterocycles. The number of benzene rings is 1. The second kappa shape index (κ2) is 5.80. The third kappa shape index (κ3) is 2.94. The van der Waals surface area contributed by atoms with E-state index < -0.39 is 0 Å². The minimum absolute atomic E-state index is 0.165. The standard InChI is InChI=1S/C13H12FN3OS2/c14-8-1-2-11-9(7-8)10(3-5-19-11)16-12(18)17-13-15-4-6-20-13/h1-2,4,6-7,10H,3,5H2,(H2,15,16,17,18)/t10-/m0/s1. The molecule has 0 spiro atoms. The molecule has 0 saturated carbocycles. The Balaban J connectivity index is 1.72. The normalized spacial score (nSPS) is 17.4. The number of carbonyl (C=O) groups is 1. The minimum Gasteiger partial charge on any atom is -0.331 e. The molecule has 2 N–H and O–H groups in total. The smallest absolute Gasteiger partial charge is 0.321 e. The van der Waals surface area contributed by atoms with Crippen LogP contribution < -0.4 is 10.6 Å². The second-order valence-corrected chi connectivity index (χ2v) is 6.34. The summed E-state index contributed by atoms with van der Waals surface area (Å²) in [6, 6.07) is 4.23. The van der Waals surface area contributed by atoms with Crippen molar-refractivity contribution >= 4 is 34.3 Å². The highest BCUT2D eigenvalue weighted by Gasteiger charge is 2.23. The van der Waals surface area contributed by atoms with Gasteiger partial charge in [0.2, 0.25) is 0 Å². The molecule has 0 unspecified atom stereocenters. The average molecular weight is 309 g/mol. The van der Waals surface area contributed by atoms with Crippen molar-refractivity contribution in [1.29, 1.82) is 0 Å². The average Bonchev–Trinajstić information content (AvgIpc) is 2.92. The molecule has 2 aromatic rings. The van der Waals surface area contributed by atoms with Crippen molar-refractivity contribution in [2.24, 2.45) is 0 Å². The number of amides is 2. The number of aromatic nitrogens is 1. The quantitative estimate of drug-likeness (QED) is 0.890. The van der Waals surface area contributed by atoms with Gasteiger partial charge in [0.25, 0.3) is 0 Å². The van der Waals surface area contributed by atoms with E-state index in [1.807, 2.05) is 0 Å². The van der Waals surface area contributed by atoms with E-state index in [1.54, 1.807) is 29.4 Å². The summed E-state index contributed by atoms with van der Waals surface area (Å²) in [6.45, 7) is 0. The van der Waals surface area contributed by atoms with E-state index in [-0.39, 0.29) is 17.9 Å². The van der Waals surface area contributed by atoms with Crippen LogP contribution in [-0.4, -0.2) is 16.8 Å². The van der Waals surface area contributed by atoms with Crippen molar-refractivity contribution in [3.8, 4) is 0 Å². The maximum Gasteiger partial charge on any atom is 0.321 e. The van der Waals surface area contributed by atoms with Crippen LogP contribution in [0.15, 0.2) is 34.7 Å². The number of hydrogen-bond acceptors (Lipinski definition) is 4. The monoisotopic (exact) mass is 309 g/mol. The fourth-order valence-corrected chi connectivity index (χ4v) is 3.72. The van der Waals surface area contributed by atoms with Crippen LogP contribution in [0.4, 0.5) is 14.3 Å². The van der Waals surface area contributed by atoms with Gasteiger partial charge in [-0.1, -0.05) is 0 Å². The van der Waals surface area contributed by atoms with Crippen molar-refractivity contribution in [3.05, 3.63) is 41.2 Å². The summed E-state index contributed by atoms with van der Waals surface area (Å²) in [6.07, 6.45) is 2.41. The first-order valence-corrected chi connectivity index (χ1v) is 7.98. The van der Waals surface area contributed by atoms with E-state index in [2.05, 4.69) is 15.6 Å². The number of carbonyl (C=O) groups excluding carboxylic acids is 1. The number of nitrogens with zero attached hydrogens (tertiary/aromatic N) is 1. The van der Waals surface area contributed by atoms with Crippen molar-refractivity contribution in [2.45, 2.75) is 17.4 Å². The molecule has 0 fully saturated rings. The Labute approximate surface area is 123 Å². The molecule has 1 aromatic heterocycles. The van der Waals surface area contributed by atoms with Gasteiger partial charge in [-0.05, 0) is 30.2 Å². The molecule has 0 bridgehead atoms. The molecule has 0 aliphatic carbocycles. The highest BCUT2D eigenvalue weighted by atomic mass is 32.2. The van der Waals surface area contributed by atoms with Crippen LogP contribution in [0.2, 0.25) is 0 Å². The molecular formula is C13H12FN3OS2. The molecule has 1 aromatic carbocycles. The second-order valence-electron chi connectivity index (χ2n) is 4.31. The summed E-state index contributed by atoms with van der Waals surface area (Å²) in [5.74, 6) is 0.624. The molecular weight excluding hydrogens is 297 g/mol. The van der Waals surface area contributed by atoms with Crippen molar-refractivity contribution < 1.29 is 9.18 Å². The lowest BCUT2D eigenvalue weighted by Crippen LogP contribution is -2.34. The van der Waals surface area contributed by atoms with Gasteiger partial charge < -0.3 is 5.32 Å². The molecule has 1 aliphatic heterocycles. The SMILES string of the molecule is O=C(Nc1nccs1)N[C@H]1CCSc2ccc(F)cc21. The molecule has 3 rings (SSSR count). The first kappa shape index (κ1) is 13.4. The maximum absolute atomic E-state index is 13.4. The van der Waals surface area contributed by atoms with Gasteiger partial charge >= 0.3 is 6.03 Å². The molecule has 7 heteroatoms. The van der Waals surface area contributed by atoms with Crippen molar-refractivity contribution in [2.75, 3.05) is 11.1 Å². The predicted octanol–water partition coefficient (Wildman–Crippen LogP) is 3.64. The number of hydrogen-bond donors (Lipinski definition) is 2. The third-order valence-electron chi connectivity index (χ3n) is 2.97. The molecule has 104 valence electrons. The van der Waals surface area contributed by atoms with Crippen LogP contribution >= 0.6 is 23.1 Å². The van der Waals surface area contributed by atoms with Crippen LogP contribution in [0.3, 0.4) is 0 Å². The van der Waals surface area contributed by atoms with Gasteiger partial charge in [0.1, 0.15) is 5.82 Å². The first-order chi connectivity index (χ1) is 9.72. The van der Waals surface area contributed by atoms with Gasteiger partial charge in [-0.2, -0.15) is 0 Å². The largest absolute Gasteiger partial charge is 0.331 e. The molecule has 1 aliphatic rings. The number of anilines is 1. The van der Waals surface area contributed by atoms with Gasteiger partial charge in [-0.3, -0.25) is 5.32 Å². The van der Waals surface area contributed by atoms with Crippen LogP contribution in [0.1, 0.15) is 18.0 Å². The number of halogens is 1. The zero-order chi connectivity index (χ0) is 13.9. The Morgan fingerprint density at radius 1 is 1.45 bits per heavy atom. The topological polar surface area (TPSA) is 54.0 Å². The van der Waals surface area contributed by atoms with Gasteiger partial charge in [0.15, 0.2) is 5.13 Å². The predicted molar refractivity (Wildman–Crippen MR) is 78.8 cm³/mol. The highest BCUT2D eigenvalue weighted by Crippen LogP contribution is 2.36. The van der Waals surface area contributed by atoms with Crippen molar-refractivity contribution in [1.82, 2.24) is 10.3 Å². The van der Waals surface area contributed by atoms with Crippen LogP contribution in [-0.2, 0) is 0 Å². The van der Waals surface area contributed by atoms with E-state index in [0.29, 0.717) is 5.13 Å². The van der Waals surface area contributed by atoms with Gasteiger partial charge in [0.05, 0.1) is 6.04 Å². The zero-order valence-electron chi connectivity index (χ0n) is 10.4. The lowest BCUT2D eigenvalue weighted by atomic mass is 10.0. The van der Waals surface area contributed by atoms with E-state index in [1.165, 1.54) is 23.5 Å². The molecule has 1 atom stereocenters. The summed E-state index contributed by atoms with van der Waals surface area (Å²) in [4.78, 5) is 16.9. The Bertz CT molecular complexity index is 618. The molecule has 20 heavy (non-hydrogen) atoms. The number of thioether (sulfide) groups is 1. The fraction of sp³-hybridized carbons (Fsp3) is 0.231. The van der Waals surface area contributed by atoms with Gasteiger partial charge in [0, 0.05) is 22.2 Å². The fourth-order valence-electron chi connectivity index (χ4n) is 2.09. The Kier molecular flexibility index (Phi) is 3.88. The van der Waals surface area contributed by atoms with E-state index in [0.717, 1.165) is 22.6 Å². The van der Waals surface area contributed by atoms with Gasteiger partial charge in [-0.15, -0.1) is 23.1 Å². The molecule has 0 radical (unpaired) electrons. The van der Waals surface area contributed by atoms with Crippen LogP contribution in [0.25, 0.3) is 0 Å². The number of fused-ring (bicyclic) bond motifs is 1. The Morgan fingerprint density at radius 3 is 3.15 bits per heavy atom. The van der Waals surface area contributed by atoms with Gasteiger partial charge in [-0.25, -0.2) is 14.2 Å². The minimum atomic E-state index is -0.313. The van der Waals surface area contributed by atoms with Crippen molar-refractivity contribution in [3.63, 3.8) is 0 Å². The lowest BCUT2D eigenvalue weighted by Gasteiger charge is -2.25. The summed E-state index contributed by atoms with van der Waals surface area (Å²) in [7, 11) is 0. The number of rotatable bonds is 2. The third-order valence-corrected chi connectivity index (χ3v) is 4.78. The van der Waals surface area contributed by atoms with E-state index in [4.69, 9.17) is 0 Å².